The maximum Gasteiger partial charge on any atom is 0.190 e. The number of pyridine rings is 1. The Bertz CT molecular complexity index is 1380. The number of hydrogen-bond donors (Lipinski definition) is 1. The Balaban J connectivity index is 1.50. The van der Waals surface area contributed by atoms with Crippen molar-refractivity contribution in [1.82, 2.24) is 15.3 Å². The van der Waals surface area contributed by atoms with Crippen molar-refractivity contribution in [3.05, 3.63) is 112 Å². The van der Waals surface area contributed by atoms with E-state index in [1.54, 1.807) is 0 Å². The van der Waals surface area contributed by atoms with Crippen molar-refractivity contribution >= 4 is 45.5 Å². The van der Waals surface area contributed by atoms with Gasteiger partial charge in [-0.2, -0.15) is 5.10 Å². The third-order valence-corrected chi connectivity index (χ3v) is 6.81. The van der Waals surface area contributed by atoms with Crippen LogP contribution in [0.3, 0.4) is 0 Å². The van der Waals surface area contributed by atoms with E-state index in [4.69, 9.17) is 33.9 Å². The van der Waals surface area contributed by atoms with Crippen LogP contribution in [-0.4, -0.2) is 20.8 Å². The van der Waals surface area contributed by atoms with Gasteiger partial charge < -0.3 is 5.32 Å². The Morgan fingerprint density at radius 3 is 2.56 bits per heavy atom. The van der Waals surface area contributed by atoms with E-state index in [0.717, 1.165) is 38.9 Å². The van der Waals surface area contributed by atoms with E-state index < -0.39 is 0 Å². The largest absolute Gasteiger partial charge is 0.357 e. The summed E-state index contributed by atoms with van der Waals surface area (Å²) in [6.45, 7) is 4.76. The van der Waals surface area contributed by atoms with Crippen LogP contribution in [-0.2, 0) is 6.54 Å². The number of rotatable bonds is 4. The van der Waals surface area contributed by atoms with E-state index >= 15 is 0 Å². The first-order valence-electron chi connectivity index (χ1n) is 11.3. The summed E-state index contributed by atoms with van der Waals surface area (Å²) in [6.07, 6.45) is 0.689. The lowest BCUT2D eigenvalue weighted by molar-refractivity contribution is 0.363. The van der Waals surface area contributed by atoms with Crippen molar-refractivity contribution < 1.29 is 0 Å². The van der Waals surface area contributed by atoms with E-state index in [-0.39, 0.29) is 6.04 Å². The summed E-state index contributed by atoms with van der Waals surface area (Å²) in [5.74, 6) is 0. The van der Waals surface area contributed by atoms with Gasteiger partial charge in [0.1, 0.15) is 5.15 Å². The zero-order valence-electron chi connectivity index (χ0n) is 19.1. The predicted molar refractivity (Wildman–Crippen MR) is 144 cm³/mol. The van der Waals surface area contributed by atoms with Crippen LogP contribution in [0, 0.1) is 13.8 Å². The number of fused-ring (bicyclic) bond motifs is 1. The number of benzene rings is 3. The molecule has 0 saturated carbocycles. The molecule has 0 saturated heterocycles. The average molecular weight is 485 g/mol. The van der Waals surface area contributed by atoms with Crippen molar-refractivity contribution in [2.24, 2.45) is 5.10 Å². The van der Waals surface area contributed by atoms with Gasteiger partial charge in [0, 0.05) is 23.9 Å². The van der Waals surface area contributed by atoms with Gasteiger partial charge in [-0.15, -0.1) is 0 Å². The molecule has 2 heterocycles. The molecular formula is C28H25ClN4S. The molecule has 5 rings (SSSR count). The van der Waals surface area contributed by atoms with E-state index in [1.165, 1.54) is 5.56 Å². The van der Waals surface area contributed by atoms with Gasteiger partial charge in [-0.05, 0) is 48.8 Å². The lowest BCUT2D eigenvalue weighted by atomic mass is 9.97. The molecule has 0 bridgehead atoms. The number of aryl methyl sites for hydroxylation is 2. The van der Waals surface area contributed by atoms with Gasteiger partial charge in [0.15, 0.2) is 5.11 Å². The normalized spacial score (nSPS) is 15.4. The Morgan fingerprint density at radius 1 is 1.03 bits per heavy atom. The van der Waals surface area contributed by atoms with E-state index in [0.29, 0.717) is 23.2 Å². The number of thiocarbonyl (C=S) groups is 1. The first-order valence-corrected chi connectivity index (χ1v) is 12.1. The lowest BCUT2D eigenvalue weighted by Gasteiger charge is -2.25. The number of hydrazone groups is 1. The first-order chi connectivity index (χ1) is 16.5. The molecule has 1 aliphatic heterocycles. The molecule has 1 aliphatic rings. The van der Waals surface area contributed by atoms with Crippen LogP contribution in [0.5, 0.6) is 0 Å². The number of hydrogen-bond acceptors (Lipinski definition) is 3. The lowest BCUT2D eigenvalue weighted by Crippen LogP contribution is -2.36. The molecule has 0 spiro atoms. The van der Waals surface area contributed by atoms with Gasteiger partial charge in [0.05, 0.1) is 17.3 Å². The van der Waals surface area contributed by atoms with Crippen LogP contribution < -0.4 is 5.32 Å². The van der Waals surface area contributed by atoms with Crippen molar-refractivity contribution in [3.8, 4) is 0 Å². The molecule has 0 amide bonds. The zero-order valence-corrected chi connectivity index (χ0v) is 20.7. The second-order valence-corrected chi connectivity index (χ2v) is 9.38. The quantitative estimate of drug-likeness (QED) is 0.257. The molecule has 1 aromatic heterocycles. The molecule has 170 valence electrons. The molecule has 0 fully saturated rings. The maximum absolute atomic E-state index is 6.76. The minimum Gasteiger partial charge on any atom is -0.357 e. The Kier molecular flexibility index (Phi) is 6.31. The summed E-state index contributed by atoms with van der Waals surface area (Å²) in [7, 11) is 0. The van der Waals surface area contributed by atoms with Gasteiger partial charge >= 0.3 is 0 Å². The van der Waals surface area contributed by atoms with Crippen molar-refractivity contribution in [3.63, 3.8) is 0 Å². The fraction of sp³-hybridized carbons (Fsp3) is 0.179. The van der Waals surface area contributed by atoms with Crippen LogP contribution in [0.15, 0.2) is 84.0 Å². The number of para-hydroxylation sites is 1. The van der Waals surface area contributed by atoms with Crippen LogP contribution in [0.2, 0.25) is 5.15 Å². The van der Waals surface area contributed by atoms with E-state index in [2.05, 4.69) is 73.8 Å². The van der Waals surface area contributed by atoms with Gasteiger partial charge in [-0.25, -0.2) is 9.99 Å². The summed E-state index contributed by atoms with van der Waals surface area (Å²) < 4.78 is 0. The number of nitrogens with one attached hydrogen (secondary N) is 1. The van der Waals surface area contributed by atoms with Crippen LogP contribution in [0.4, 0.5) is 0 Å². The topological polar surface area (TPSA) is 40.5 Å². The molecular weight excluding hydrogens is 460 g/mol. The summed E-state index contributed by atoms with van der Waals surface area (Å²) in [4.78, 5) is 4.74. The second-order valence-electron chi connectivity index (χ2n) is 8.64. The van der Waals surface area contributed by atoms with E-state index in [1.807, 2.05) is 29.3 Å². The molecule has 0 unspecified atom stereocenters. The Morgan fingerprint density at radius 2 is 1.79 bits per heavy atom. The Hall–Kier alpha value is -3.28. The molecule has 1 atom stereocenters. The molecule has 0 radical (unpaired) electrons. The van der Waals surface area contributed by atoms with Crippen molar-refractivity contribution in [2.75, 3.05) is 0 Å². The number of halogens is 1. The molecule has 4 aromatic rings. The second kappa shape index (κ2) is 9.53. The average Bonchev–Trinajstić information content (AvgIpc) is 3.29. The minimum absolute atomic E-state index is 0.142. The van der Waals surface area contributed by atoms with Gasteiger partial charge in [-0.1, -0.05) is 90.0 Å². The predicted octanol–water partition coefficient (Wildman–Crippen LogP) is 6.73. The molecule has 6 heteroatoms. The fourth-order valence-electron chi connectivity index (χ4n) is 4.29. The highest BCUT2D eigenvalue weighted by molar-refractivity contribution is 7.80. The summed E-state index contributed by atoms with van der Waals surface area (Å²) >= 11 is 12.6. The zero-order chi connectivity index (χ0) is 23.7. The van der Waals surface area contributed by atoms with Gasteiger partial charge in [0.2, 0.25) is 0 Å². The molecule has 4 nitrogen and oxygen atoms in total. The highest BCUT2D eigenvalue weighted by Gasteiger charge is 2.33. The number of nitrogens with zero attached hydrogens (tertiary/aromatic N) is 3. The summed E-state index contributed by atoms with van der Waals surface area (Å²) in [5.41, 5.74) is 7.39. The third-order valence-electron chi connectivity index (χ3n) is 6.18. The molecule has 1 N–H and O–H groups in total. The minimum atomic E-state index is -0.142. The highest BCUT2D eigenvalue weighted by atomic mass is 35.5. The molecule has 0 aliphatic carbocycles. The number of aromatic nitrogens is 1. The van der Waals surface area contributed by atoms with Gasteiger partial charge in [-0.3, -0.25) is 0 Å². The SMILES string of the molecule is Cc1ccc(C2=NN(C(=S)NCc3ccccc3)[C@@H](c3cc4cccc(C)c4nc3Cl)C2)cc1. The molecule has 3 aromatic carbocycles. The standard InChI is InChI=1S/C28H25ClN4S/c1-18-11-13-21(14-12-18)24-16-25(23-15-22-10-6-7-19(2)26(22)31-27(23)29)33(32-24)28(34)30-17-20-8-4-3-5-9-20/h3-15,25H,16-17H2,1-2H3,(H,30,34)/t25-/m1/s1. The first kappa shape index (κ1) is 22.5. The smallest absolute Gasteiger partial charge is 0.190 e. The fourth-order valence-corrected chi connectivity index (χ4v) is 4.79. The third kappa shape index (κ3) is 4.54. The molecule has 34 heavy (non-hydrogen) atoms. The van der Waals surface area contributed by atoms with Gasteiger partial charge in [0.25, 0.3) is 0 Å². The highest BCUT2D eigenvalue weighted by Crippen LogP contribution is 2.37. The van der Waals surface area contributed by atoms with Crippen LogP contribution >= 0.6 is 23.8 Å². The van der Waals surface area contributed by atoms with Crippen LogP contribution in [0.1, 0.15) is 40.3 Å². The summed E-state index contributed by atoms with van der Waals surface area (Å²) in [5, 5.41) is 12.3. The Labute approximate surface area is 210 Å². The van der Waals surface area contributed by atoms with Crippen molar-refractivity contribution in [2.45, 2.75) is 32.9 Å². The monoisotopic (exact) mass is 484 g/mol. The summed E-state index contributed by atoms with van der Waals surface area (Å²) in [6, 6.07) is 26.8. The van der Waals surface area contributed by atoms with Crippen LogP contribution in [0.25, 0.3) is 10.9 Å². The van der Waals surface area contributed by atoms with E-state index in [9.17, 15) is 0 Å². The van der Waals surface area contributed by atoms with Crippen molar-refractivity contribution in [1.29, 1.82) is 0 Å². The maximum atomic E-state index is 6.76.